The number of benzene rings is 2. The summed E-state index contributed by atoms with van der Waals surface area (Å²) >= 11 is 0. The molecule has 82 valence electrons. The molecule has 2 rings (SSSR count). The zero-order chi connectivity index (χ0) is 11.8. The molecule has 0 heteroatoms. The van der Waals surface area contributed by atoms with E-state index >= 15 is 0 Å². The second-order valence-electron chi connectivity index (χ2n) is 5.29. The highest BCUT2D eigenvalue weighted by molar-refractivity contribution is 5.86. The smallest absolute Gasteiger partial charge is 0.0132 e. The Balaban J connectivity index is 2.52. The summed E-state index contributed by atoms with van der Waals surface area (Å²) in [7, 11) is 0. The Morgan fingerprint density at radius 2 is 1.56 bits per heavy atom. The zero-order valence-corrected chi connectivity index (χ0v) is 10.2. The number of hydrogen-bond donors (Lipinski definition) is 0. The average molecular weight is 210 g/mol. The van der Waals surface area contributed by atoms with E-state index in [2.05, 4.69) is 69.8 Å². The van der Waals surface area contributed by atoms with Crippen LogP contribution in [-0.2, 0) is 0 Å². The third-order valence-electron chi connectivity index (χ3n) is 3.00. The van der Waals surface area contributed by atoms with Gasteiger partial charge in [0.2, 0.25) is 0 Å². The van der Waals surface area contributed by atoms with Gasteiger partial charge in [-0.2, -0.15) is 0 Å². The Bertz CT molecular complexity index is 527. The van der Waals surface area contributed by atoms with Gasteiger partial charge in [0.1, 0.15) is 0 Å². The Labute approximate surface area is 97.6 Å². The molecule has 0 nitrogen and oxygen atoms in total. The molecule has 0 aliphatic rings. The summed E-state index contributed by atoms with van der Waals surface area (Å²) in [6, 6.07) is 15.0. The average Bonchev–Trinajstić information content (AvgIpc) is 2.26. The first kappa shape index (κ1) is 10.9. The van der Waals surface area contributed by atoms with Crippen molar-refractivity contribution in [3.63, 3.8) is 0 Å². The van der Waals surface area contributed by atoms with Gasteiger partial charge in [0.25, 0.3) is 0 Å². The van der Waals surface area contributed by atoms with Gasteiger partial charge < -0.3 is 0 Å². The lowest BCUT2D eigenvalue weighted by Gasteiger charge is -2.22. The van der Waals surface area contributed by atoms with Gasteiger partial charge in [-0.3, -0.25) is 0 Å². The largest absolute Gasteiger partial charge is 0.0947 e. The minimum Gasteiger partial charge on any atom is -0.0947 e. The van der Waals surface area contributed by atoms with Gasteiger partial charge in [0.15, 0.2) is 0 Å². The fourth-order valence-corrected chi connectivity index (χ4v) is 1.81. The normalized spacial score (nSPS) is 11.7. The molecular formula is C16H18. The molecule has 0 aliphatic carbocycles. The predicted molar refractivity (Wildman–Crippen MR) is 72.4 cm³/mol. The molecule has 0 heterocycles. The van der Waals surface area contributed by atoms with E-state index in [0.717, 1.165) is 0 Å². The first-order valence-electron chi connectivity index (χ1n) is 5.67. The molecule has 0 fully saturated rings. The Morgan fingerprint density at radius 1 is 0.938 bits per heavy atom. The van der Waals surface area contributed by atoms with Crippen LogP contribution in [0.15, 0.2) is 49.0 Å². The van der Waals surface area contributed by atoms with Crippen molar-refractivity contribution in [2.45, 2.75) is 20.8 Å². The molecule has 16 heavy (non-hydrogen) atoms. The molecule has 0 N–H and O–H groups in total. The lowest BCUT2D eigenvalue weighted by Crippen LogP contribution is -2.06. The van der Waals surface area contributed by atoms with Crippen molar-refractivity contribution in [1.29, 1.82) is 0 Å². The SMILES string of the molecule is C=C(c1ccc2ccccc2c1)C(C)(C)C. The van der Waals surface area contributed by atoms with Crippen molar-refractivity contribution in [1.82, 2.24) is 0 Å². The van der Waals surface area contributed by atoms with Crippen molar-refractivity contribution in [3.8, 4) is 0 Å². The van der Waals surface area contributed by atoms with E-state index in [9.17, 15) is 0 Å². The Kier molecular flexibility index (Phi) is 2.59. The van der Waals surface area contributed by atoms with Gasteiger partial charge in [-0.15, -0.1) is 0 Å². The molecule has 2 aromatic carbocycles. The zero-order valence-electron chi connectivity index (χ0n) is 10.2. The molecule has 0 unspecified atom stereocenters. The van der Waals surface area contributed by atoms with Crippen LogP contribution < -0.4 is 0 Å². The maximum absolute atomic E-state index is 4.20. The van der Waals surface area contributed by atoms with Gasteiger partial charge in [-0.1, -0.05) is 63.7 Å². The van der Waals surface area contributed by atoms with Crippen LogP contribution in [0, 0.1) is 5.41 Å². The number of hydrogen-bond acceptors (Lipinski definition) is 0. The van der Waals surface area contributed by atoms with Gasteiger partial charge in [0.05, 0.1) is 0 Å². The molecule has 0 saturated heterocycles. The summed E-state index contributed by atoms with van der Waals surface area (Å²) in [6.07, 6.45) is 0. The molecule has 0 aliphatic heterocycles. The van der Waals surface area contributed by atoms with Crippen LogP contribution in [0.3, 0.4) is 0 Å². The second kappa shape index (κ2) is 3.79. The topological polar surface area (TPSA) is 0 Å². The summed E-state index contributed by atoms with van der Waals surface area (Å²) in [5, 5.41) is 2.57. The second-order valence-corrected chi connectivity index (χ2v) is 5.29. The van der Waals surface area contributed by atoms with Crippen LogP contribution in [0.2, 0.25) is 0 Å². The molecule has 0 atom stereocenters. The molecule has 0 spiro atoms. The molecular weight excluding hydrogens is 192 g/mol. The van der Waals surface area contributed by atoms with E-state index in [-0.39, 0.29) is 5.41 Å². The summed E-state index contributed by atoms with van der Waals surface area (Å²) in [5.41, 5.74) is 2.56. The van der Waals surface area contributed by atoms with Crippen LogP contribution >= 0.6 is 0 Å². The van der Waals surface area contributed by atoms with Gasteiger partial charge in [-0.25, -0.2) is 0 Å². The number of allylic oxidation sites excluding steroid dienone is 1. The standard InChI is InChI=1S/C16H18/c1-12(16(2,3)4)14-10-9-13-7-5-6-8-15(13)11-14/h5-11H,1H2,2-4H3. The maximum atomic E-state index is 4.20. The predicted octanol–water partition coefficient (Wildman–Crippen LogP) is 4.90. The first-order chi connectivity index (χ1) is 7.48. The summed E-state index contributed by atoms with van der Waals surface area (Å²) in [4.78, 5) is 0. The van der Waals surface area contributed by atoms with E-state index in [1.807, 2.05) is 0 Å². The molecule has 0 radical (unpaired) electrons. The van der Waals surface area contributed by atoms with Crippen molar-refractivity contribution in [2.24, 2.45) is 5.41 Å². The third-order valence-corrected chi connectivity index (χ3v) is 3.00. The highest BCUT2D eigenvalue weighted by atomic mass is 14.2. The van der Waals surface area contributed by atoms with Crippen molar-refractivity contribution in [2.75, 3.05) is 0 Å². The van der Waals surface area contributed by atoms with Crippen molar-refractivity contribution < 1.29 is 0 Å². The lowest BCUT2D eigenvalue weighted by atomic mass is 9.83. The summed E-state index contributed by atoms with van der Waals surface area (Å²) in [5.74, 6) is 0. The lowest BCUT2D eigenvalue weighted by molar-refractivity contribution is 0.568. The van der Waals surface area contributed by atoms with Crippen LogP contribution in [0.5, 0.6) is 0 Å². The Hall–Kier alpha value is -1.56. The van der Waals surface area contributed by atoms with Crippen LogP contribution in [0.25, 0.3) is 16.3 Å². The summed E-state index contributed by atoms with van der Waals surface area (Å²) in [6.45, 7) is 10.8. The minimum absolute atomic E-state index is 0.127. The van der Waals surface area contributed by atoms with Crippen LogP contribution in [0.4, 0.5) is 0 Å². The van der Waals surface area contributed by atoms with Gasteiger partial charge in [0, 0.05) is 0 Å². The van der Waals surface area contributed by atoms with Crippen LogP contribution in [0.1, 0.15) is 26.3 Å². The van der Waals surface area contributed by atoms with E-state index in [1.54, 1.807) is 0 Å². The monoisotopic (exact) mass is 210 g/mol. The number of fused-ring (bicyclic) bond motifs is 1. The first-order valence-corrected chi connectivity index (χ1v) is 5.67. The number of rotatable bonds is 1. The Morgan fingerprint density at radius 3 is 2.19 bits per heavy atom. The highest BCUT2D eigenvalue weighted by Gasteiger charge is 2.16. The van der Waals surface area contributed by atoms with E-state index in [1.165, 1.54) is 21.9 Å². The van der Waals surface area contributed by atoms with E-state index in [0.29, 0.717) is 0 Å². The summed E-state index contributed by atoms with van der Waals surface area (Å²) < 4.78 is 0. The van der Waals surface area contributed by atoms with Gasteiger partial charge >= 0.3 is 0 Å². The highest BCUT2D eigenvalue weighted by Crippen LogP contribution is 2.33. The fourth-order valence-electron chi connectivity index (χ4n) is 1.81. The fraction of sp³-hybridized carbons (Fsp3) is 0.250. The van der Waals surface area contributed by atoms with Gasteiger partial charge in [-0.05, 0) is 33.4 Å². The van der Waals surface area contributed by atoms with Crippen LogP contribution in [-0.4, -0.2) is 0 Å². The van der Waals surface area contributed by atoms with E-state index < -0.39 is 0 Å². The van der Waals surface area contributed by atoms with Crippen molar-refractivity contribution >= 4 is 16.3 Å². The molecule has 2 aromatic rings. The maximum Gasteiger partial charge on any atom is -0.0132 e. The molecule has 0 saturated carbocycles. The molecule has 0 bridgehead atoms. The molecule has 0 amide bonds. The van der Waals surface area contributed by atoms with Crippen molar-refractivity contribution in [3.05, 3.63) is 54.6 Å². The quantitative estimate of drug-likeness (QED) is 0.628. The molecule has 0 aromatic heterocycles. The third kappa shape index (κ3) is 2.01. The van der Waals surface area contributed by atoms with E-state index in [4.69, 9.17) is 0 Å². The minimum atomic E-state index is 0.127.